The first kappa shape index (κ1) is 13.8. The second-order valence-electron chi connectivity index (χ2n) is 5.04. The van der Waals surface area contributed by atoms with Gasteiger partial charge < -0.3 is 5.73 Å². The van der Waals surface area contributed by atoms with Crippen molar-refractivity contribution in [2.24, 2.45) is 0 Å². The maximum Gasteiger partial charge on any atom is 0.193 e. The monoisotopic (exact) mass is 339 g/mol. The molecule has 0 saturated carbocycles. The maximum atomic E-state index is 12.9. The third-order valence-electron chi connectivity index (χ3n) is 3.62. The van der Waals surface area contributed by atoms with E-state index in [1.165, 1.54) is 0 Å². The van der Waals surface area contributed by atoms with Gasteiger partial charge in [0.1, 0.15) is 0 Å². The number of anilines is 1. The molecule has 0 spiro atoms. The standard InChI is InChI=1S/C18H14BrNO/c1-11-6-7-12-4-2-3-5-14(12)17(11)18(21)13-8-9-15(19)16(20)10-13/h2-10H,20H2,1H3. The van der Waals surface area contributed by atoms with Crippen LogP contribution in [-0.2, 0) is 0 Å². The molecule has 0 heterocycles. The molecule has 0 atom stereocenters. The molecule has 0 radical (unpaired) electrons. The molecule has 0 aliphatic heterocycles. The van der Waals surface area contributed by atoms with Crippen LogP contribution in [0.15, 0.2) is 59.1 Å². The number of carbonyl (C=O) groups is 1. The van der Waals surface area contributed by atoms with Gasteiger partial charge in [0.25, 0.3) is 0 Å². The van der Waals surface area contributed by atoms with Crippen LogP contribution in [0.2, 0.25) is 0 Å². The van der Waals surface area contributed by atoms with Gasteiger partial charge >= 0.3 is 0 Å². The first-order valence-electron chi connectivity index (χ1n) is 6.66. The van der Waals surface area contributed by atoms with Crippen molar-refractivity contribution in [1.29, 1.82) is 0 Å². The molecule has 0 aliphatic rings. The lowest BCUT2D eigenvalue weighted by atomic mass is 9.93. The van der Waals surface area contributed by atoms with E-state index in [1.807, 2.05) is 49.4 Å². The molecule has 3 aromatic carbocycles. The minimum atomic E-state index is 0.00324. The largest absolute Gasteiger partial charge is 0.398 e. The summed E-state index contributed by atoms with van der Waals surface area (Å²) in [4.78, 5) is 12.9. The Morgan fingerprint density at radius 1 is 1.05 bits per heavy atom. The van der Waals surface area contributed by atoms with Gasteiger partial charge in [0.2, 0.25) is 0 Å². The zero-order chi connectivity index (χ0) is 15.0. The molecular formula is C18H14BrNO. The Hall–Kier alpha value is -2.13. The lowest BCUT2D eigenvalue weighted by Gasteiger charge is -2.10. The molecule has 0 amide bonds. The number of hydrogen-bond acceptors (Lipinski definition) is 2. The molecule has 2 N–H and O–H groups in total. The predicted molar refractivity (Wildman–Crippen MR) is 90.7 cm³/mol. The predicted octanol–water partition coefficient (Wildman–Crippen LogP) is 4.72. The van der Waals surface area contributed by atoms with Crippen molar-refractivity contribution < 1.29 is 4.79 Å². The number of fused-ring (bicyclic) bond motifs is 1. The summed E-state index contributed by atoms with van der Waals surface area (Å²) >= 11 is 3.35. The van der Waals surface area contributed by atoms with Crippen LogP contribution in [0.5, 0.6) is 0 Å². The lowest BCUT2D eigenvalue weighted by Crippen LogP contribution is -2.05. The number of benzene rings is 3. The molecule has 3 rings (SSSR count). The molecule has 2 nitrogen and oxygen atoms in total. The fraction of sp³-hybridized carbons (Fsp3) is 0.0556. The summed E-state index contributed by atoms with van der Waals surface area (Å²) in [6.07, 6.45) is 0. The number of aryl methyl sites for hydroxylation is 1. The van der Waals surface area contributed by atoms with E-state index < -0.39 is 0 Å². The first-order chi connectivity index (χ1) is 10.1. The first-order valence-corrected chi connectivity index (χ1v) is 7.45. The summed E-state index contributed by atoms with van der Waals surface area (Å²) in [6.45, 7) is 1.96. The summed E-state index contributed by atoms with van der Waals surface area (Å²) in [7, 11) is 0. The van der Waals surface area contributed by atoms with Crippen molar-refractivity contribution >= 4 is 38.2 Å². The molecule has 21 heavy (non-hydrogen) atoms. The van der Waals surface area contributed by atoms with Crippen LogP contribution < -0.4 is 5.73 Å². The Morgan fingerprint density at radius 2 is 1.81 bits per heavy atom. The van der Waals surface area contributed by atoms with E-state index in [1.54, 1.807) is 12.1 Å². The Bertz CT molecular complexity index is 855. The number of halogens is 1. The van der Waals surface area contributed by atoms with Crippen LogP contribution in [-0.4, -0.2) is 5.78 Å². The highest BCUT2D eigenvalue weighted by molar-refractivity contribution is 9.10. The van der Waals surface area contributed by atoms with Gasteiger partial charge in [-0.15, -0.1) is 0 Å². The van der Waals surface area contributed by atoms with Crippen molar-refractivity contribution in [3.8, 4) is 0 Å². The topological polar surface area (TPSA) is 43.1 Å². The van der Waals surface area contributed by atoms with Crippen LogP contribution in [0.4, 0.5) is 5.69 Å². The molecule has 3 heteroatoms. The van der Waals surface area contributed by atoms with Gasteiger partial charge in [-0.05, 0) is 57.4 Å². The minimum absolute atomic E-state index is 0.00324. The van der Waals surface area contributed by atoms with Crippen LogP contribution >= 0.6 is 15.9 Å². The van der Waals surface area contributed by atoms with Crippen molar-refractivity contribution in [2.45, 2.75) is 6.92 Å². The lowest BCUT2D eigenvalue weighted by molar-refractivity contribution is 0.104. The van der Waals surface area contributed by atoms with E-state index in [0.29, 0.717) is 11.3 Å². The van der Waals surface area contributed by atoms with Crippen LogP contribution in [0.3, 0.4) is 0 Å². The van der Waals surface area contributed by atoms with Crippen LogP contribution in [0.1, 0.15) is 21.5 Å². The fourth-order valence-corrected chi connectivity index (χ4v) is 2.76. The Morgan fingerprint density at radius 3 is 2.57 bits per heavy atom. The molecule has 0 saturated heterocycles. The van der Waals surface area contributed by atoms with Crippen molar-refractivity contribution in [2.75, 3.05) is 5.73 Å². The zero-order valence-corrected chi connectivity index (χ0v) is 13.1. The van der Waals surface area contributed by atoms with Gasteiger partial charge in [-0.1, -0.05) is 36.4 Å². The number of ketones is 1. The highest BCUT2D eigenvalue weighted by Crippen LogP contribution is 2.27. The van der Waals surface area contributed by atoms with Crippen molar-refractivity contribution in [1.82, 2.24) is 0 Å². The summed E-state index contributed by atoms with van der Waals surface area (Å²) in [5.74, 6) is 0.00324. The second-order valence-corrected chi connectivity index (χ2v) is 5.90. The molecule has 0 aromatic heterocycles. The van der Waals surface area contributed by atoms with E-state index >= 15 is 0 Å². The molecule has 0 aliphatic carbocycles. The van der Waals surface area contributed by atoms with Gasteiger partial charge in [-0.3, -0.25) is 4.79 Å². The third kappa shape index (κ3) is 2.45. The molecule has 104 valence electrons. The highest BCUT2D eigenvalue weighted by atomic mass is 79.9. The third-order valence-corrected chi connectivity index (χ3v) is 4.34. The van der Waals surface area contributed by atoms with E-state index in [-0.39, 0.29) is 5.78 Å². The van der Waals surface area contributed by atoms with Gasteiger partial charge in [0.05, 0.1) is 0 Å². The van der Waals surface area contributed by atoms with Gasteiger partial charge in [-0.25, -0.2) is 0 Å². The zero-order valence-electron chi connectivity index (χ0n) is 11.6. The van der Waals surface area contributed by atoms with Gasteiger partial charge in [0.15, 0.2) is 5.78 Å². The average molecular weight is 340 g/mol. The van der Waals surface area contributed by atoms with Crippen LogP contribution in [0, 0.1) is 6.92 Å². The second kappa shape index (κ2) is 5.34. The van der Waals surface area contributed by atoms with E-state index in [4.69, 9.17) is 5.73 Å². The molecule has 0 bridgehead atoms. The quantitative estimate of drug-likeness (QED) is 0.542. The Labute approximate surface area is 131 Å². The molecule has 0 fully saturated rings. The highest BCUT2D eigenvalue weighted by Gasteiger charge is 2.15. The SMILES string of the molecule is Cc1ccc2ccccc2c1C(=O)c1ccc(Br)c(N)c1. The fourth-order valence-electron chi connectivity index (χ4n) is 2.51. The van der Waals surface area contributed by atoms with Gasteiger partial charge in [-0.2, -0.15) is 0 Å². The van der Waals surface area contributed by atoms with E-state index in [0.717, 1.165) is 26.4 Å². The number of hydrogen-bond donors (Lipinski definition) is 1. The van der Waals surface area contributed by atoms with E-state index in [9.17, 15) is 4.79 Å². The summed E-state index contributed by atoms with van der Waals surface area (Å²) in [6, 6.07) is 17.3. The molecular weight excluding hydrogens is 326 g/mol. The average Bonchev–Trinajstić information content (AvgIpc) is 2.49. The summed E-state index contributed by atoms with van der Waals surface area (Å²) in [5.41, 5.74) is 8.78. The van der Waals surface area contributed by atoms with Crippen molar-refractivity contribution in [3.63, 3.8) is 0 Å². The van der Waals surface area contributed by atoms with Crippen LogP contribution in [0.25, 0.3) is 10.8 Å². The molecule has 3 aromatic rings. The normalized spacial score (nSPS) is 10.8. The van der Waals surface area contributed by atoms with Gasteiger partial charge in [0, 0.05) is 21.3 Å². The summed E-state index contributed by atoms with van der Waals surface area (Å²) < 4.78 is 0.800. The number of carbonyl (C=O) groups excluding carboxylic acids is 1. The Balaban J connectivity index is 2.21. The number of nitrogen functional groups attached to an aromatic ring is 1. The summed E-state index contributed by atoms with van der Waals surface area (Å²) in [5, 5.41) is 2.04. The number of rotatable bonds is 2. The van der Waals surface area contributed by atoms with Crippen molar-refractivity contribution in [3.05, 3.63) is 75.8 Å². The molecule has 0 unspecified atom stereocenters. The smallest absolute Gasteiger partial charge is 0.193 e. The maximum absolute atomic E-state index is 12.9. The minimum Gasteiger partial charge on any atom is -0.398 e. The Kier molecular flexibility index (Phi) is 3.52. The van der Waals surface area contributed by atoms with E-state index in [2.05, 4.69) is 15.9 Å². The number of nitrogens with two attached hydrogens (primary N) is 1.